The third-order valence-electron chi connectivity index (χ3n) is 1.95. The molecule has 13 heavy (non-hydrogen) atoms. The van der Waals surface area contributed by atoms with E-state index in [1.165, 1.54) is 5.56 Å². The molecule has 0 amide bonds. The Morgan fingerprint density at radius 2 is 2.54 bits per heavy atom. The Labute approximate surface area is 76.0 Å². The number of hydrogen-bond donors (Lipinski definition) is 2. The van der Waals surface area contributed by atoms with Gasteiger partial charge in [0.25, 0.3) is 0 Å². The van der Waals surface area contributed by atoms with Gasteiger partial charge < -0.3 is 9.73 Å². The first-order chi connectivity index (χ1) is 6.36. The highest BCUT2D eigenvalue weighted by atomic mass is 16.3. The Morgan fingerprint density at radius 1 is 1.62 bits per heavy atom. The minimum absolute atomic E-state index is 0.766. The van der Waals surface area contributed by atoms with Crippen molar-refractivity contribution in [2.45, 2.75) is 13.5 Å². The predicted molar refractivity (Wildman–Crippen MR) is 49.4 cm³/mol. The summed E-state index contributed by atoms with van der Waals surface area (Å²) in [5, 5.41) is 9.79. The largest absolute Gasteiger partial charge is 0.469 e. The number of H-pyrrole nitrogens is 1. The Hall–Kier alpha value is -1.71. The normalized spacial score (nSPS) is 10.2. The summed E-state index contributed by atoms with van der Waals surface area (Å²) in [4.78, 5) is 0. The van der Waals surface area contributed by atoms with E-state index in [0.717, 1.165) is 18.0 Å². The van der Waals surface area contributed by atoms with Crippen LogP contribution in [0.2, 0.25) is 0 Å². The Balaban J connectivity index is 1.97. The Morgan fingerprint density at radius 3 is 3.15 bits per heavy atom. The first-order valence-electron chi connectivity index (χ1n) is 4.12. The van der Waals surface area contributed by atoms with Crippen molar-refractivity contribution in [2.24, 2.45) is 0 Å². The van der Waals surface area contributed by atoms with Crippen LogP contribution in [0, 0.1) is 6.92 Å². The number of furan rings is 1. The van der Waals surface area contributed by atoms with Crippen LogP contribution in [-0.4, -0.2) is 10.2 Å². The number of nitrogens with zero attached hydrogens (tertiary/aromatic N) is 1. The summed E-state index contributed by atoms with van der Waals surface area (Å²) in [5.41, 5.74) is 2.15. The summed E-state index contributed by atoms with van der Waals surface area (Å²) in [6.07, 6.45) is 5.26. The van der Waals surface area contributed by atoms with Crippen molar-refractivity contribution in [3.8, 4) is 0 Å². The standard InChI is InChI=1S/C9H11N3O/c1-7-8(2-3-13-7)4-10-9-5-11-12-6-9/h2-3,5-6,10H,4H2,1H3,(H,11,12). The number of aromatic amines is 1. The van der Waals surface area contributed by atoms with E-state index in [0.29, 0.717) is 0 Å². The van der Waals surface area contributed by atoms with E-state index in [1.54, 1.807) is 12.5 Å². The molecule has 0 atom stereocenters. The van der Waals surface area contributed by atoms with Crippen molar-refractivity contribution in [2.75, 3.05) is 5.32 Å². The number of rotatable bonds is 3. The number of aryl methyl sites for hydroxylation is 1. The average molecular weight is 177 g/mol. The van der Waals surface area contributed by atoms with Crippen LogP contribution in [0.5, 0.6) is 0 Å². The van der Waals surface area contributed by atoms with E-state index in [2.05, 4.69) is 15.5 Å². The van der Waals surface area contributed by atoms with E-state index in [1.807, 2.05) is 19.2 Å². The Bertz CT molecular complexity index is 364. The summed E-state index contributed by atoms with van der Waals surface area (Å²) in [5.74, 6) is 0.955. The highest BCUT2D eigenvalue weighted by Crippen LogP contribution is 2.11. The lowest BCUT2D eigenvalue weighted by molar-refractivity contribution is 0.530. The molecular weight excluding hydrogens is 166 g/mol. The van der Waals surface area contributed by atoms with Crippen LogP contribution < -0.4 is 5.32 Å². The van der Waals surface area contributed by atoms with E-state index >= 15 is 0 Å². The van der Waals surface area contributed by atoms with Gasteiger partial charge in [0.05, 0.1) is 18.1 Å². The van der Waals surface area contributed by atoms with Crippen LogP contribution in [0.15, 0.2) is 29.1 Å². The van der Waals surface area contributed by atoms with E-state index in [9.17, 15) is 0 Å². The van der Waals surface area contributed by atoms with Gasteiger partial charge >= 0.3 is 0 Å². The molecule has 0 saturated carbocycles. The van der Waals surface area contributed by atoms with Gasteiger partial charge in [-0.25, -0.2) is 0 Å². The molecule has 2 heterocycles. The topological polar surface area (TPSA) is 53.9 Å². The number of anilines is 1. The summed E-state index contributed by atoms with van der Waals surface area (Å²) >= 11 is 0. The van der Waals surface area contributed by atoms with Gasteiger partial charge in [-0.05, 0) is 13.0 Å². The average Bonchev–Trinajstić information content (AvgIpc) is 2.72. The maximum absolute atomic E-state index is 5.17. The predicted octanol–water partition coefficient (Wildman–Crippen LogP) is 1.92. The molecule has 2 N–H and O–H groups in total. The van der Waals surface area contributed by atoms with Gasteiger partial charge in [0.15, 0.2) is 0 Å². The third kappa shape index (κ3) is 1.72. The van der Waals surface area contributed by atoms with Gasteiger partial charge in [0.1, 0.15) is 5.76 Å². The first-order valence-corrected chi connectivity index (χ1v) is 4.12. The maximum Gasteiger partial charge on any atom is 0.105 e. The summed E-state index contributed by atoms with van der Waals surface area (Å²) < 4.78 is 5.17. The highest BCUT2D eigenvalue weighted by Gasteiger charge is 2.00. The molecule has 0 fully saturated rings. The molecule has 2 aromatic rings. The zero-order chi connectivity index (χ0) is 9.10. The van der Waals surface area contributed by atoms with E-state index < -0.39 is 0 Å². The highest BCUT2D eigenvalue weighted by molar-refractivity contribution is 5.38. The molecule has 0 aliphatic rings. The molecule has 0 aliphatic carbocycles. The molecule has 0 unspecified atom stereocenters. The van der Waals surface area contributed by atoms with Gasteiger partial charge in [0, 0.05) is 18.3 Å². The van der Waals surface area contributed by atoms with Crippen molar-refractivity contribution in [3.05, 3.63) is 36.0 Å². The zero-order valence-electron chi connectivity index (χ0n) is 7.37. The van der Waals surface area contributed by atoms with Crippen molar-refractivity contribution in [1.29, 1.82) is 0 Å². The van der Waals surface area contributed by atoms with Crippen LogP contribution in [0.25, 0.3) is 0 Å². The lowest BCUT2D eigenvalue weighted by atomic mass is 10.2. The van der Waals surface area contributed by atoms with Crippen LogP contribution in [-0.2, 0) is 6.54 Å². The first kappa shape index (κ1) is 7.91. The van der Waals surface area contributed by atoms with Gasteiger partial charge in [-0.15, -0.1) is 0 Å². The Kier molecular flexibility index (Phi) is 2.04. The van der Waals surface area contributed by atoms with Crippen LogP contribution in [0.4, 0.5) is 5.69 Å². The molecule has 0 radical (unpaired) electrons. The molecular formula is C9H11N3O. The molecule has 68 valence electrons. The third-order valence-corrected chi connectivity index (χ3v) is 1.95. The summed E-state index contributed by atoms with van der Waals surface area (Å²) in [6.45, 7) is 2.72. The van der Waals surface area contributed by atoms with Crippen LogP contribution in [0.3, 0.4) is 0 Å². The smallest absolute Gasteiger partial charge is 0.105 e. The van der Waals surface area contributed by atoms with Crippen LogP contribution in [0.1, 0.15) is 11.3 Å². The molecule has 0 saturated heterocycles. The van der Waals surface area contributed by atoms with Gasteiger partial charge in [-0.2, -0.15) is 5.10 Å². The summed E-state index contributed by atoms with van der Waals surface area (Å²) in [7, 11) is 0. The molecule has 2 aromatic heterocycles. The zero-order valence-corrected chi connectivity index (χ0v) is 7.37. The lowest BCUT2D eigenvalue weighted by Crippen LogP contribution is -1.97. The van der Waals surface area contributed by atoms with Crippen molar-refractivity contribution >= 4 is 5.69 Å². The van der Waals surface area contributed by atoms with E-state index in [4.69, 9.17) is 4.42 Å². The molecule has 0 aliphatic heterocycles. The molecule has 0 aromatic carbocycles. The molecule has 0 spiro atoms. The van der Waals surface area contributed by atoms with Gasteiger partial charge in [-0.1, -0.05) is 0 Å². The van der Waals surface area contributed by atoms with Crippen molar-refractivity contribution < 1.29 is 4.42 Å². The van der Waals surface area contributed by atoms with Crippen molar-refractivity contribution in [3.63, 3.8) is 0 Å². The lowest BCUT2D eigenvalue weighted by Gasteiger charge is -2.00. The van der Waals surface area contributed by atoms with Crippen LogP contribution >= 0.6 is 0 Å². The second-order valence-electron chi connectivity index (χ2n) is 2.84. The fraction of sp³-hybridized carbons (Fsp3) is 0.222. The molecule has 0 bridgehead atoms. The van der Waals surface area contributed by atoms with Gasteiger partial charge in [-0.3, -0.25) is 5.10 Å². The molecule has 4 heteroatoms. The second-order valence-corrected chi connectivity index (χ2v) is 2.84. The number of hydrogen-bond acceptors (Lipinski definition) is 3. The quantitative estimate of drug-likeness (QED) is 0.753. The fourth-order valence-corrected chi connectivity index (χ4v) is 1.14. The maximum atomic E-state index is 5.17. The van der Waals surface area contributed by atoms with Gasteiger partial charge in [0.2, 0.25) is 0 Å². The van der Waals surface area contributed by atoms with Crippen molar-refractivity contribution in [1.82, 2.24) is 10.2 Å². The summed E-state index contributed by atoms with van der Waals surface area (Å²) in [6, 6.07) is 1.96. The second kappa shape index (κ2) is 3.35. The monoisotopic (exact) mass is 177 g/mol. The SMILES string of the molecule is Cc1occc1CNc1cn[nH]c1. The minimum atomic E-state index is 0.766. The number of aromatic nitrogens is 2. The minimum Gasteiger partial charge on any atom is -0.469 e. The fourth-order valence-electron chi connectivity index (χ4n) is 1.14. The number of nitrogens with one attached hydrogen (secondary N) is 2. The van der Waals surface area contributed by atoms with E-state index in [-0.39, 0.29) is 0 Å². The molecule has 2 rings (SSSR count). The molecule has 4 nitrogen and oxygen atoms in total.